The number of hydrogen-bond acceptors (Lipinski definition) is 3. The number of nitrogens with zero attached hydrogens (tertiary/aromatic N) is 1. The number of para-hydroxylation sites is 1. The number of hydrogen-bond donors (Lipinski definition) is 0. The van der Waals surface area contributed by atoms with Gasteiger partial charge in [-0.2, -0.15) is 0 Å². The van der Waals surface area contributed by atoms with Gasteiger partial charge < -0.3 is 9.32 Å². The van der Waals surface area contributed by atoms with Crippen LogP contribution in [0.25, 0.3) is 64.7 Å². The molecule has 222 valence electrons. The van der Waals surface area contributed by atoms with Crippen molar-refractivity contribution in [2.24, 2.45) is 0 Å². The van der Waals surface area contributed by atoms with Crippen LogP contribution in [0.5, 0.6) is 0 Å². The largest absolute Gasteiger partial charge is 0.456 e. The van der Waals surface area contributed by atoms with Crippen molar-refractivity contribution in [2.75, 3.05) is 4.90 Å². The highest BCUT2D eigenvalue weighted by Gasteiger charge is 2.16. The lowest BCUT2D eigenvalue weighted by atomic mass is 10.0. The lowest BCUT2D eigenvalue weighted by Gasteiger charge is -2.26. The smallest absolute Gasteiger partial charge is 0.135 e. The summed E-state index contributed by atoms with van der Waals surface area (Å²) in [6.45, 7) is 0. The molecule has 0 saturated heterocycles. The van der Waals surface area contributed by atoms with Gasteiger partial charge in [-0.1, -0.05) is 109 Å². The third-order valence-electron chi connectivity index (χ3n) is 8.91. The molecular formula is C44H29NOS. The molecule has 0 atom stereocenters. The van der Waals surface area contributed by atoms with Crippen molar-refractivity contribution in [2.45, 2.75) is 0 Å². The zero-order valence-electron chi connectivity index (χ0n) is 25.5. The molecule has 3 heteroatoms. The standard InChI is InChI=1S/C44H29NOS/c1-2-9-30(10-3-1)31-17-23-35(24-18-31)45(37-27-21-33(22-28-37)42-29-34-11-4-6-15-41(34)46-42)36-25-19-32(20-26-36)38-13-8-14-40-39-12-5-7-16-43(39)47-44(38)40/h1-29H. The maximum absolute atomic E-state index is 6.17. The molecule has 7 aromatic carbocycles. The van der Waals surface area contributed by atoms with E-state index in [1.165, 1.54) is 42.4 Å². The molecule has 0 aliphatic rings. The Bertz CT molecular complexity index is 2460. The Hall–Kier alpha value is -5.90. The van der Waals surface area contributed by atoms with Gasteiger partial charge >= 0.3 is 0 Å². The second kappa shape index (κ2) is 11.5. The summed E-state index contributed by atoms with van der Waals surface area (Å²) in [5, 5.41) is 3.75. The van der Waals surface area contributed by atoms with E-state index in [0.29, 0.717) is 0 Å². The molecule has 9 aromatic rings. The maximum atomic E-state index is 6.17. The minimum Gasteiger partial charge on any atom is -0.456 e. The second-order valence-electron chi connectivity index (χ2n) is 11.8. The Morgan fingerprint density at radius 1 is 0.426 bits per heavy atom. The van der Waals surface area contributed by atoms with Crippen molar-refractivity contribution in [3.8, 4) is 33.6 Å². The Morgan fingerprint density at radius 2 is 1.00 bits per heavy atom. The molecule has 0 aliphatic carbocycles. The van der Waals surface area contributed by atoms with Gasteiger partial charge in [0.05, 0.1) is 0 Å². The van der Waals surface area contributed by atoms with Gasteiger partial charge in [0.15, 0.2) is 0 Å². The Kier molecular flexibility index (Phi) is 6.69. The van der Waals surface area contributed by atoms with Crippen molar-refractivity contribution in [1.29, 1.82) is 0 Å². The topological polar surface area (TPSA) is 16.4 Å². The summed E-state index contributed by atoms with van der Waals surface area (Å²) in [5.74, 6) is 0.872. The zero-order valence-corrected chi connectivity index (χ0v) is 26.3. The second-order valence-corrected chi connectivity index (χ2v) is 12.8. The van der Waals surface area contributed by atoms with Crippen molar-refractivity contribution >= 4 is 59.5 Å². The van der Waals surface area contributed by atoms with Crippen LogP contribution in [0, 0.1) is 0 Å². The molecule has 2 aromatic heterocycles. The quantitative estimate of drug-likeness (QED) is 0.184. The van der Waals surface area contributed by atoms with Gasteiger partial charge in [-0.3, -0.25) is 0 Å². The lowest BCUT2D eigenvalue weighted by Crippen LogP contribution is -2.09. The number of anilines is 3. The number of benzene rings is 7. The SMILES string of the molecule is c1ccc(-c2ccc(N(c3ccc(-c4cc5ccccc5o4)cc3)c3ccc(-c4cccc5c4sc4ccccc45)cc3)cc2)cc1. The van der Waals surface area contributed by atoms with E-state index in [0.717, 1.165) is 39.4 Å². The number of rotatable bonds is 6. The average molecular weight is 620 g/mol. The zero-order chi connectivity index (χ0) is 31.2. The molecule has 0 fully saturated rings. The van der Waals surface area contributed by atoms with Gasteiger partial charge in [0.2, 0.25) is 0 Å². The molecule has 0 saturated carbocycles. The van der Waals surface area contributed by atoms with E-state index in [2.05, 4.69) is 163 Å². The fraction of sp³-hybridized carbons (Fsp3) is 0. The van der Waals surface area contributed by atoms with Crippen molar-refractivity contribution in [3.05, 3.63) is 176 Å². The maximum Gasteiger partial charge on any atom is 0.135 e. The summed E-state index contributed by atoms with van der Waals surface area (Å²) in [5.41, 5.74) is 10.1. The van der Waals surface area contributed by atoms with E-state index in [-0.39, 0.29) is 0 Å². The van der Waals surface area contributed by atoms with Gasteiger partial charge in [-0.25, -0.2) is 0 Å². The average Bonchev–Trinajstić information content (AvgIpc) is 3.75. The van der Waals surface area contributed by atoms with Crippen LogP contribution in [0.1, 0.15) is 0 Å². The van der Waals surface area contributed by atoms with Crippen LogP contribution in [0.15, 0.2) is 180 Å². The van der Waals surface area contributed by atoms with Crippen LogP contribution in [0.4, 0.5) is 17.1 Å². The highest BCUT2D eigenvalue weighted by atomic mass is 32.1. The van der Waals surface area contributed by atoms with Crippen LogP contribution in [0.2, 0.25) is 0 Å². The molecule has 0 aliphatic heterocycles. The predicted molar refractivity (Wildman–Crippen MR) is 200 cm³/mol. The summed E-state index contributed by atoms with van der Waals surface area (Å²) >= 11 is 1.87. The lowest BCUT2D eigenvalue weighted by molar-refractivity contribution is 0.631. The first-order valence-corrected chi connectivity index (χ1v) is 16.7. The molecule has 0 spiro atoms. The molecule has 9 rings (SSSR count). The monoisotopic (exact) mass is 619 g/mol. The minimum atomic E-state index is 0.872. The van der Waals surface area contributed by atoms with E-state index in [1.807, 2.05) is 29.5 Å². The van der Waals surface area contributed by atoms with E-state index < -0.39 is 0 Å². The van der Waals surface area contributed by atoms with Crippen molar-refractivity contribution < 1.29 is 4.42 Å². The van der Waals surface area contributed by atoms with E-state index in [4.69, 9.17) is 4.42 Å². The Labute approximate surface area is 277 Å². The summed E-state index contributed by atoms with van der Waals surface area (Å²) < 4.78 is 8.82. The van der Waals surface area contributed by atoms with Crippen LogP contribution in [-0.2, 0) is 0 Å². The summed E-state index contributed by atoms with van der Waals surface area (Å²) in [6.07, 6.45) is 0. The Morgan fingerprint density at radius 3 is 1.72 bits per heavy atom. The van der Waals surface area contributed by atoms with Crippen molar-refractivity contribution in [1.82, 2.24) is 0 Å². The first kappa shape index (κ1) is 27.4. The summed E-state index contributed by atoms with van der Waals surface area (Å²) in [6, 6.07) is 62.6. The van der Waals surface area contributed by atoms with E-state index in [9.17, 15) is 0 Å². The number of fused-ring (bicyclic) bond motifs is 4. The van der Waals surface area contributed by atoms with Crippen LogP contribution in [-0.4, -0.2) is 0 Å². The molecule has 0 N–H and O–H groups in total. The fourth-order valence-corrected chi connectivity index (χ4v) is 7.78. The first-order valence-electron chi connectivity index (χ1n) is 15.8. The molecule has 47 heavy (non-hydrogen) atoms. The molecule has 0 amide bonds. The third kappa shape index (κ3) is 4.98. The highest BCUT2D eigenvalue weighted by Crippen LogP contribution is 2.42. The summed E-state index contributed by atoms with van der Waals surface area (Å²) in [4.78, 5) is 2.32. The minimum absolute atomic E-state index is 0.872. The third-order valence-corrected chi connectivity index (χ3v) is 10.1. The van der Waals surface area contributed by atoms with E-state index in [1.54, 1.807) is 0 Å². The molecule has 2 nitrogen and oxygen atoms in total. The van der Waals surface area contributed by atoms with Gasteiger partial charge in [-0.15, -0.1) is 11.3 Å². The molecular weight excluding hydrogens is 591 g/mol. The number of thiophene rings is 1. The van der Waals surface area contributed by atoms with Gasteiger partial charge in [0, 0.05) is 48.2 Å². The van der Waals surface area contributed by atoms with Gasteiger partial charge in [0.1, 0.15) is 11.3 Å². The fourth-order valence-electron chi connectivity index (χ4n) is 6.54. The Balaban J connectivity index is 1.11. The van der Waals surface area contributed by atoms with Gasteiger partial charge in [-0.05, 0) is 89.0 Å². The van der Waals surface area contributed by atoms with Gasteiger partial charge in [0.25, 0.3) is 0 Å². The highest BCUT2D eigenvalue weighted by molar-refractivity contribution is 7.26. The molecule has 0 radical (unpaired) electrons. The molecule has 2 heterocycles. The molecule has 0 unspecified atom stereocenters. The van der Waals surface area contributed by atoms with Crippen LogP contribution >= 0.6 is 11.3 Å². The first-order chi connectivity index (χ1) is 23.3. The number of furan rings is 1. The predicted octanol–water partition coefficient (Wildman–Crippen LogP) is 13.3. The van der Waals surface area contributed by atoms with E-state index >= 15 is 0 Å². The summed E-state index contributed by atoms with van der Waals surface area (Å²) in [7, 11) is 0. The van der Waals surface area contributed by atoms with Crippen molar-refractivity contribution in [3.63, 3.8) is 0 Å². The normalized spacial score (nSPS) is 11.4. The molecule has 0 bridgehead atoms. The van der Waals surface area contributed by atoms with Crippen LogP contribution in [0.3, 0.4) is 0 Å². The van der Waals surface area contributed by atoms with Crippen LogP contribution < -0.4 is 4.90 Å².